The normalized spacial score (nSPS) is 15.0. The summed E-state index contributed by atoms with van der Waals surface area (Å²) in [7, 11) is 3.08. The molecule has 8 nitrogen and oxygen atoms in total. The maximum Gasteiger partial charge on any atom is 0.328 e. The van der Waals surface area contributed by atoms with Gasteiger partial charge in [0.25, 0.3) is 0 Å². The molecule has 34 heavy (non-hydrogen) atoms. The Bertz CT molecular complexity index is 1270. The van der Waals surface area contributed by atoms with Crippen LogP contribution in [0.1, 0.15) is 30.2 Å². The highest BCUT2D eigenvalue weighted by atomic mass is 16.5. The number of carbonyl (C=O) groups is 1. The first kappa shape index (κ1) is 24.7. The van der Waals surface area contributed by atoms with E-state index in [4.69, 9.17) is 23.7 Å². The number of ether oxygens (including phenoxy) is 3. The fourth-order valence-electron chi connectivity index (χ4n) is 3.64. The molecule has 2 N–H and O–H groups in total. The second-order valence-corrected chi connectivity index (χ2v) is 8.04. The van der Waals surface area contributed by atoms with Gasteiger partial charge in [-0.25, -0.2) is 4.79 Å². The minimum Gasteiger partial charge on any atom is -0.507 e. The summed E-state index contributed by atoms with van der Waals surface area (Å²) < 4.78 is 21.4. The van der Waals surface area contributed by atoms with E-state index in [1.54, 1.807) is 38.3 Å². The van der Waals surface area contributed by atoms with Crippen LogP contribution in [0.3, 0.4) is 0 Å². The smallest absolute Gasteiger partial charge is 0.328 e. The van der Waals surface area contributed by atoms with Crippen LogP contribution >= 0.6 is 0 Å². The number of phenols is 1. The van der Waals surface area contributed by atoms with E-state index in [-0.39, 0.29) is 16.6 Å². The van der Waals surface area contributed by atoms with Crippen LogP contribution in [0.2, 0.25) is 0 Å². The number of carboxylic acids is 1. The minimum atomic E-state index is -0.982. The number of aryl methyl sites for hydroxylation is 1. The molecule has 0 saturated heterocycles. The molecule has 8 heteroatoms. The predicted molar refractivity (Wildman–Crippen MR) is 128 cm³/mol. The Hall–Kier alpha value is -3.94. The summed E-state index contributed by atoms with van der Waals surface area (Å²) in [5, 5.41) is 19.0. The SMILES string of the molecule is COc1ccc(C=CC(=O)O)cc1OC.Cc1cc(=O)c2c(O)c3c(cc2o1)OCC(C)CC3. The number of hydrogen-bond acceptors (Lipinski definition) is 7. The molecule has 180 valence electrons. The first-order valence-corrected chi connectivity index (χ1v) is 10.8. The minimum absolute atomic E-state index is 0.00958. The molecule has 2 heterocycles. The van der Waals surface area contributed by atoms with Gasteiger partial charge < -0.3 is 28.8 Å². The van der Waals surface area contributed by atoms with Crippen molar-refractivity contribution in [3.05, 3.63) is 63.5 Å². The van der Waals surface area contributed by atoms with E-state index < -0.39 is 5.97 Å². The number of benzene rings is 2. The zero-order valence-electron chi connectivity index (χ0n) is 19.6. The van der Waals surface area contributed by atoms with Gasteiger partial charge in [0.2, 0.25) is 0 Å². The van der Waals surface area contributed by atoms with Gasteiger partial charge in [-0.3, -0.25) is 4.79 Å². The standard InChI is InChI=1S/C15H16O4.C11H12O4/c1-8-3-4-10-12(18-7-8)6-13-14(15(10)17)11(16)5-9(2)19-13;1-14-9-5-3-8(4-6-11(12)13)7-10(9)15-2/h5-6,8,17H,3-4,7H2,1-2H3;3-7H,1-2H3,(H,12,13). The van der Waals surface area contributed by atoms with Crippen molar-refractivity contribution in [2.24, 2.45) is 5.92 Å². The highest BCUT2D eigenvalue weighted by Crippen LogP contribution is 2.38. The van der Waals surface area contributed by atoms with Crippen molar-refractivity contribution >= 4 is 23.0 Å². The second kappa shape index (κ2) is 10.8. The lowest BCUT2D eigenvalue weighted by atomic mass is 10.00. The number of hydrogen-bond donors (Lipinski definition) is 2. The van der Waals surface area contributed by atoms with Gasteiger partial charge in [-0.05, 0) is 49.5 Å². The van der Waals surface area contributed by atoms with Crippen molar-refractivity contribution < 1.29 is 33.6 Å². The van der Waals surface area contributed by atoms with Gasteiger partial charge in [0.15, 0.2) is 16.9 Å². The van der Waals surface area contributed by atoms with Crippen LogP contribution in [0.5, 0.6) is 23.0 Å². The molecule has 1 aliphatic heterocycles. The maximum absolute atomic E-state index is 12.0. The van der Waals surface area contributed by atoms with Crippen LogP contribution < -0.4 is 19.6 Å². The molecule has 1 atom stereocenters. The Labute approximate surface area is 197 Å². The average molecular weight is 469 g/mol. The van der Waals surface area contributed by atoms with Crippen LogP contribution in [-0.4, -0.2) is 37.0 Å². The molecule has 0 saturated carbocycles. The van der Waals surface area contributed by atoms with Gasteiger partial charge in [-0.15, -0.1) is 0 Å². The first-order valence-electron chi connectivity index (χ1n) is 10.8. The molecule has 0 amide bonds. The van der Waals surface area contributed by atoms with Gasteiger partial charge in [0.1, 0.15) is 28.2 Å². The Morgan fingerprint density at radius 3 is 2.56 bits per heavy atom. The fraction of sp³-hybridized carbons (Fsp3) is 0.308. The second-order valence-electron chi connectivity index (χ2n) is 8.04. The lowest BCUT2D eigenvalue weighted by molar-refractivity contribution is -0.131. The Morgan fingerprint density at radius 2 is 1.88 bits per heavy atom. The van der Waals surface area contributed by atoms with Gasteiger partial charge in [0.05, 0.1) is 20.8 Å². The number of aliphatic carboxylic acids is 1. The molecular weight excluding hydrogens is 440 g/mol. The molecule has 0 aliphatic carbocycles. The van der Waals surface area contributed by atoms with Crippen LogP contribution in [0.15, 0.2) is 45.6 Å². The van der Waals surface area contributed by atoms with Crippen LogP contribution in [0.4, 0.5) is 0 Å². The summed E-state index contributed by atoms with van der Waals surface area (Å²) in [6, 6.07) is 8.30. The summed E-state index contributed by atoms with van der Waals surface area (Å²) >= 11 is 0. The zero-order chi connectivity index (χ0) is 24.8. The van der Waals surface area contributed by atoms with Crippen molar-refractivity contribution in [1.29, 1.82) is 0 Å². The molecule has 0 fully saturated rings. The number of rotatable bonds is 4. The van der Waals surface area contributed by atoms with Crippen LogP contribution in [0.25, 0.3) is 17.0 Å². The van der Waals surface area contributed by atoms with Crippen molar-refractivity contribution in [1.82, 2.24) is 0 Å². The summed E-state index contributed by atoms with van der Waals surface area (Å²) in [6.07, 6.45) is 4.21. The third kappa shape index (κ3) is 5.70. The predicted octanol–water partition coefficient (Wildman–Crippen LogP) is 4.57. The summed E-state index contributed by atoms with van der Waals surface area (Å²) in [5.41, 5.74) is 1.63. The first-order chi connectivity index (χ1) is 16.2. The average Bonchev–Trinajstić information content (AvgIpc) is 2.99. The van der Waals surface area contributed by atoms with Crippen molar-refractivity contribution in [2.75, 3.05) is 20.8 Å². The third-order valence-electron chi connectivity index (χ3n) is 5.42. The zero-order valence-corrected chi connectivity index (χ0v) is 19.6. The highest BCUT2D eigenvalue weighted by molar-refractivity contribution is 5.87. The summed E-state index contributed by atoms with van der Waals surface area (Å²) in [5.74, 6) is 1.80. The number of carboxylic acid groups (broad SMARTS) is 1. The van der Waals surface area contributed by atoms with E-state index in [0.29, 0.717) is 53.1 Å². The number of phenolic OH excluding ortho intramolecular Hbond substituents is 1. The van der Waals surface area contributed by atoms with Crippen LogP contribution in [-0.2, 0) is 11.2 Å². The third-order valence-corrected chi connectivity index (χ3v) is 5.42. The number of fused-ring (bicyclic) bond motifs is 2. The van der Waals surface area contributed by atoms with E-state index in [1.165, 1.54) is 19.3 Å². The number of aromatic hydroxyl groups is 1. The van der Waals surface area contributed by atoms with Gasteiger partial charge in [0, 0.05) is 23.8 Å². The molecule has 0 spiro atoms. The van der Waals surface area contributed by atoms with E-state index in [9.17, 15) is 14.7 Å². The summed E-state index contributed by atoms with van der Waals surface area (Å²) in [6.45, 7) is 4.44. The molecule has 4 rings (SSSR count). The Morgan fingerprint density at radius 1 is 1.15 bits per heavy atom. The van der Waals surface area contributed by atoms with Crippen molar-refractivity contribution in [2.45, 2.75) is 26.7 Å². The Balaban J connectivity index is 0.000000197. The van der Waals surface area contributed by atoms with Gasteiger partial charge in [-0.1, -0.05) is 13.0 Å². The lowest BCUT2D eigenvalue weighted by Crippen LogP contribution is -2.05. The highest BCUT2D eigenvalue weighted by Gasteiger charge is 2.21. The fourth-order valence-corrected chi connectivity index (χ4v) is 3.64. The molecule has 0 bridgehead atoms. The molecule has 3 aromatic rings. The summed E-state index contributed by atoms with van der Waals surface area (Å²) in [4.78, 5) is 22.3. The van der Waals surface area contributed by atoms with E-state index >= 15 is 0 Å². The van der Waals surface area contributed by atoms with Gasteiger partial charge >= 0.3 is 5.97 Å². The maximum atomic E-state index is 12.0. The van der Waals surface area contributed by atoms with Crippen molar-refractivity contribution in [3.8, 4) is 23.0 Å². The Kier molecular flexibility index (Phi) is 7.83. The molecule has 1 aromatic heterocycles. The largest absolute Gasteiger partial charge is 0.507 e. The molecular formula is C26H28O8. The molecule has 0 radical (unpaired) electrons. The molecule has 2 aromatic carbocycles. The lowest BCUT2D eigenvalue weighted by Gasteiger charge is -2.11. The van der Waals surface area contributed by atoms with Gasteiger partial charge in [-0.2, -0.15) is 0 Å². The van der Waals surface area contributed by atoms with Crippen molar-refractivity contribution in [3.63, 3.8) is 0 Å². The van der Waals surface area contributed by atoms with Crippen LogP contribution in [0, 0.1) is 12.8 Å². The molecule has 1 aliphatic rings. The monoisotopic (exact) mass is 468 g/mol. The van der Waals surface area contributed by atoms with E-state index in [2.05, 4.69) is 6.92 Å². The number of methoxy groups -OCH3 is 2. The topological polar surface area (TPSA) is 115 Å². The van der Waals surface area contributed by atoms with E-state index in [1.807, 2.05) is 0 Å². The van der Waals surface area contributed by atoms with E-state index in [0.717, 1.165) is 18.1 Å². The quantitative estimate of drug-likeness (QED) is 0.535. The molecule has 1 unspecified atom stereocenters.